The summed E-state index contributed by atoms with van der Waals surface area (Å²) in [6.45, 7) is -1.59. The molecule has 0 fully saturated rings. The molecule has 0 aliphatic heterocycles. The van der Waals surface area contributed by atoms with Crippen LogP contribution in [-0.2, 0) is 4.74 Å². The lowest BCUT2D eigenvalue weighted by Crippen LogP contribution is -2.34. The first kappa shape index (κ1) is 14.7. The van der Waals surface area contributed by atoms with Crippen molar-refractivity contribution < 1.29 is 17.9 Å². The van der Waals surface area contributed by atoms with Crippen molar-refractivity contribution in [1.82, 2.24) is 0 Å². The Bertz CT molecular complexity index is 411. The summed E-state index contributed by atoms with van der Waals surface area (Å²) in [5.41, 5.74) is -0.295. The number of allylic oxidation sites excluding steroid dienone is 2. The number of alkyl halides is 6. The quantitative estimate of drug-likeness (QED) is 0.576. The lowest BCUT2D eigenvalue weighted by molar-refractivity contribution is -0.182. The van der Waals surface area contributed by atoms with Crippen LogP contribution in [0.3, 0.4) is 0 Å². The fourth-order valence-corrected chi connectivity index (χ4v) is 1.63. The fourth-order valence-electron chi connectivity index (χ4n) is 1.07. The van der Waals surface area contributed by atoms with Crippen LogP contribution in [0.5, 0.6) is 0 Å². The summed E-state index contributed by atoms with van der Waals surface area (Å²) in [7, 11) is 0. The average Bonchev–Trinajstić information content (AvgIpc) is 2.18. The van der Waals surface area contributed by atoms with Crippen molar-refractivity contribution in [2.45, 2.75) is 15.6 Å². The van der Waals surface area contributed by atoms with Crippen LogP contribution in [-0.4, -0.2) is 22.2 Å². The second kappa shape index (κ2) is 4.69. The van der Waals surface area contributed by atoms with E-state index in [0.29, 0.717) is 0 Å². The summed E-state index contributed by atoms with van der Waals surface area (Å²) in [5, 5.41) is 6.78. The third-order valence-corrected chi connectivity index (χ3v) is 2.70. The summed E-state index contributed by atoms with van der Waals surface area (Å²) < 4.78 is 39.0. The molecule has 0 aromatic rings. The van der Waals surface area contributed by atoms with Crippen LogP contribution in [0.4, 0.5) is 13.2 Å². The summed E-state index contributed by atoms with van der Waals surface area (Å²) >= 11 is 17.1. The molecule has 1 rings (SSSR count). The highest BCUT2D eigenvalue weighted by Gasteiger charge is 2.41. The van der Waals surface area contributed by atoms with Crippen LogP contribution >= 0.6 is 34.8 Å². The molecule has 0 aromatic carbocycles. The Hall–Kier alpha value is -0.410. The predicted molar refractivity (Wildman–Crippen MR) is 57.9 cm³/mol. The second-order valence-electron chi connectivity index (χ2n) is 3.23. The van der Waals surface area contributed by atoms with E-state index in [9.17, 15) is 13.2 Å². The normalized spacial score (nSPS) is 27.5. The zero-order valence-electron chi connectivity index (χ0n) is 8.06. The molecule has 0 amide bonds. The van der Waals surface area contributed by atoms with Gasteiger partial charge in [0.15, 0.2) is 9.39 Å². The fraction of sp³-hybridized carbons (Fsp3) is 0.444. The van der Waals surface area contributed by atoms with Gasteiger partial charge in [0.1, 0.15) is 6.61 Å². The molecule has 0 saturated heterocycles. The molecule has 0 spiro atoms. The highest BCUT2D eigenvalue weighted by Crippen LogP contribution is 2.40. The van der Waals surface area contributed by atoms with Gasteiger partial charge in [-0.3, -0.25) is 0 Å². The van der Waals surface area contributed by atoms with Gasteiger partial charge in [-0.05, 0) is 18.2 Å². The maximum absolute atomic E-state index is 12.0. The van der Waals surface area contributed by atoms with Gasteiger partial charge in [0.05, 0.1) is 11.6 Å². The van der Waals surface area contributed by atoms with Crippen LogP contribution in [0, 0.1) is 11.3 Å². The molecule has 1 unspecified atom stereocenters. The first-order chi connectivity index (χ1) is 7.58. The highest BCUT2D eigenvalue weighted by molar-refractivity contribution is 6.51. The number of ether oxygens (including phenoxy) is 1. The van der Waals surface area contributed by atoms with Gasteiger partial charge in [0.2, 0.25) is 0 Å². The molecule has 8 heteroatoms. The Labute approximate surface area is 110 Å². The lowest BCUT2D eigenvalue weighted by atomic mass is 10.0. The van der Waals surface area contributed by atoms with Crippen molar-refractivity contribution in [1.29, 1.82) is 5.26 Å². The van der Waals surface area contributed by atoms with Crippen molar-refractivity contribution in [2.24, 2.45) is 0 Å². The van der Waals surface area contributed by atoms with Gasteiger partial charge in [-0.2, -0.15) is 18.4 Å². The molecule has 0 aromatic heterocycles. The average molecular weight is 306 g/mol. The van der Waals surface area contributed by atoms with E-state index in [4.69, 9.17) is 40.1 Å². The lowest BCUT2D eigenvalue weighted by Gasteiger charge is -2.29. The number of hydrogen-bond donors (Lipinski definition) is 0. The zero-order chi connectivity index (χ0) is 13.3. The van der Waals surface area contributed by atoms with E-state index in [0.717, 1.165) is 18.2 Å². The third-order valence-electron chi connectivity index (χ3n) is 1.79. The van der Waals surface area contributed by atoms with Crippen LogP contribution in [0.1, 0.15) is 0 Å². The summed E-state index contributed by atoms with van der Waals surface area (Å²) in [6, 6.07) is 1.60. The molecule has 1 atom stereocenters. The molecule has 0 N–H and O–H groups in total. The van der Waals surface area contributed by atoms with Gasteiger partial charge in [0, 0.05) is 0 Å². The molecular weight excluding hydrogens is 301 g/mol. The molecule has 0 heterocycles. The maximum Gasteiger partial charge on any atom is 0.411 e. The molecule has 0 bridgehead atoms. The van der Waals surface area contributed by atoms with E-state index in [1.165, 1.54) is 0 Å². The smallest absolute Gasteiger partial charge is 0.342 e. The van der Waals surface area contributed by atoms with Gasteiger partial charge < -0.3 is 4.74 Å². The SMILES string of the molecule is N#CC1=CC(Cl)(Cl)C=CC1(Cl)OCC(F)(F)F. The van der Waals surface area contributed by atoms with E-state index in [2.05, 4.69) is 4.74 Å². The molecule has 1 aliphatic rings. The standard InChI is InChI=1S/C9H5Cl3F3NO/c10-7(11)1-2-8(12,6(3-7)4-16)17-5-9(13,14)15/h1-3H,5H2. The Morgan fingerprint density at radius 2 is 1.88 bits per heavy atom. The minimum Gasteiger partial charge on any atom is -0.342 e. The first-order valence-electron chi connectivity index (χ1n) is 4.19. The Morgan fingerprint density at radius 3 is 2.35 bits per heavy atom. The largest absolute Gasteiger partial charge is 0.411 e. The number of rotatable bonds is 2. The Kier molecular flexibility index (Phi) is 4.04. The van der Waals surface area contributed by atoms with E-state index in [-0.39, 0.29) is 5.57 Å². The number of hydrogen-bond acceptors (Lipinski definition) is 2. The minimum absolute atomic E-state index is 0.295. The molecule has 94 valence electrons. The van der Waals surface area contributed by atoms with Gasteiger partial charge in [-0.25, -0.2) is 0 Å². The number of nitrogens with zero attached hydrogens (tertiary/aromatic N) is 1. The van der Waals surface area contributed by atoms with E-state index in [1.54, 1.807) is 6.07 Å². The summed E-state index contributed by atoms with van der Waals surface area (Å²) in [5.74, 6) is 0. The molecule has 0 saturated carbocycles. The van der Waals surface area contributed by atoms with Crippen LogP contribution < -0.4 is 0 Å². The van der Waals surface area contributed by atoms with Crippen LogP contribution in [0.15, 0.2) is 23.8 Å². The monoisotopic (exact) mass is 305 g/mol. The second-order valence-corrected chi connectivity index (χ2v) is 5.23. The topological polar surface area (TPSA) is 33.0 Å². The number of nitriles is 1. The summed E-state index contributed by atoms with van der Waals surface area (Å²) in [6.07, 6.45) is -1.37. The minimum atomic E-state index is -4.55. The van der Waals surface area contributed by atoms with E-state index in [1.807, 2.05) is 0 Å². The van der Waals surface area contributed by atoms with Crippen LogP contribution in [0.25, 0.3) is 0 Å². The van der Waals surface area contributed by atoms with E-state index >= 15 is 0 Å². The van der Waals surface area contributed by atoms with Gasteiger partial charge in [-0.1, -0.05) is 34.8 Å². The van der Waals surface area contributed by atoms with Crippen molar-refractivity contribution in [2.75, 3.05) is 6.61 Å². The predicted octanol–water partition coefficient (Wildman–Crippen LogP) is 3.69. The van der Waals surface area contributed by atoms with Gasteiger partial charge in [-0.15, -0.1) is 0 Å². The molecule has 2 nitrogen and oxygen atoms in total. The first-order valence-corrected chi connectivity index (χ1v) is 5.33. The zero-order valence-corrected chi connectivity index (χ0v) is 10.3. The molecular formula is C9H5Cl3F3NO. The van der Waals surface area contributed by atoms with Gasteiger partial charge >= 0.3 is 6.18 Å². The Balaban J connectivity index is 2.91. The Morgan fingerprint density at radius 1 is 1.29 bits per heavy atom. The third kappa shape index (κ3) is 4.07. The maximum atomic E-state index is 12.0. The van der Waals surface area contributed by atoms with Crippen molar-refractivity contribution >= 4 is 34.8 Å². The van der Waals surface area contributed by atoms with Gasteiger partial charge in [0.25, 0.3) is 0 Å². The highest BCUT2D eigenvalue weighted by atomic mass is 35.5. The van der Waals surface area contributed by atoms with Crippen molar-refractivity contribution in [3.8, 4) is 6.07 Å². The molecule has 1 aliphatic carbocycles. The van der Waals surface area contributed by atoms with Crippen LogP contribution in [0.2, 0.25) is 0 Å². The van der Waals surface area contributed by atoms with Crippen molar-refractivity contribution in [3.05, 3.63) is 23.8 Å². The summed E-state index contributed by atoms with van der Waals surface area (Å²) in [4.78, 5) is 0. The molecule has 17 heavy (non-hydrogen) atoms. The number of halogens is 6. The van der Waals surface area contributed by atoms with E-state index < -0.39 is 22.2 Å². The van der Waals surface area contributed by atoms with Crippen molar-refractivity contribution in [3.63, 3.8) is 0 Å². The molecule has 0 radical (unpaired) electrons.